The van der Waals surface area contributed by atoms with Crippen molar-refractivity contribution in [1.82, 2.24) is 4.90 Å². The van der Waals surface area contributed by atoms with Gasteiger partial charge < -0.3 is 14.9 Å². The van der Waals surface area contributed by atoms with Gasteiger partial charge in [-0.15, -0.1) is 0 Å². The SMILES string of the molecule is CN1CC(C(=O)N(C)c2ccccc2C(=O)O)CC1=O. The summed E-state index contributed by atoms with van der Waals surface area (Å²) in [4.78, 5) is 37.9. The van der Waals surface area contributed by atoms with E-state index in [2.05, 4.69) is 0 Å². The van der Waals surface area contributed by atoms with E-state index in [0.29, 0.717) is 12.2 Å². The molecule has 1 atom stereocenters. The molecule has 1 saturated heterocycles. The summed E-state index contributed by atoms with van der Waals surface area (Å²) >= 11 is 0. The lowest BCUT2D eigenvalue weighted by atomic mass is 10.1. The van der Waals surface area contributed by atoms with Gasteiger partial charge in [0.15, 0.2) is 0 Å². The summed E-state index contributed by atoms with van der Waals surface area (Å²) in [6, 6.07) is 6.32. The fourth-order valence-corrected chi connectivity index (χ4v) is 2.37. The number of carboxylic acid groups (broad SMARTS) is 1. The Labute approximate surface area is 116 Å². The van der Waals surface area contributed by atoms with Crippen LogP contribution in [0.2, 0.25) is 0 Å². The molecule has 0 aromatic heterocycles. The van der Waals surface area contributed by atoms with Crippen molar-refractivity contribution in [2.75, 3.05) is 25.5 Å². The Bertz CT molecular complexity index is 570. The molecule has 2 amide bonds. The first-order chi connectivity index (χ1) is 9.41. The monoisotopic (exact) mass is 276 g/mol. The number of aromatic carboxylic acids is 1. The molecule has 1 aliphatic heterocycles. The largest absolute Gasteiger partial charge is 0.478 e. The Kier molecular flexibility index (Phi) is 3.74. The highest BCUT2D eigenvalue weighted by Crippen LogP contribution is 2.24. The van der Waals surface area contributed by atoms with Crippen LogP contribution in [0.25, 0.3) is 0 Å². The predicted octanol–water partition coefficient (Wildman–Crippen LogP) is 0.826. The number of nitrogens with zero attached hydrogens (tertiary/aromatic N) is 2. The first-order valence-corrected chi connectivity index (χ1v) is 6.25. The van der Waals surface area contributed by atoms with E-state index in [1.165, 1.54) is 22.9 Å². The standard InChI is InChI=1S/C14H16N2O4/c1-15-8-9(7-12(15)17)13(18)16(2)11-6-4-3-5-10(11)14(19)20/h3-6,9H,7-8H2,1-2H3,(H,19,20). The minimum absolute atomic E-state index is 0.0664. The molecule has 1 aliphatic rings. The highest BCUT2D eigenvalue weighted by atomic mass is 16.4. The van der Waals surface area contributed by atoms with E-state index in [1.807, 2.05) is 0 Å². The molecule has 0 saturated carbocycles. The summed E-state index contributed by atoms with van der Waals surface area (Å²) in [6.45, 7) is 0.372. The molecule has 1 heterocycles. The van der Waals surface area contributed by atoms with Crippen LogP contribution in [0.15, 0.2) is 24.3 Å². The molecular weight excluding hydrogens is 260 g/mol. The molecule has 2 rings (SSSR count). The molecule has 1 aromatic rings. The maximum atomic E-state index is 12.4. The van der Waals surface area contributed by atoms with Gasteiger partial charge in [0.25, 0.3) is 0 Å². The van der Waals surface area contributed by atoms with E-state index < -0.39 is 11.9 Å². The van der Waals surface area contributed by atoms with Crippen molar-refractivity contribution in [3.8, 4) is 0 Å². The van der Waals surface area contributed by atoms with E-state index in [0.717, 1.165) is 0 Å². The van der Waals surface area contributed by atoms with Gasteiger partial charge in [-0.1, -0.05) is 12.1 Å². The summed E-state index contributed by atoms with van der Waals surface area (Å²) < 4.78 is 0. The Morgan fingerprint density at radius 1 is 1.35 bits per heavy atom. The molecule has 0 bridgehead atoms. The van der Waals surface area contributed by atoms with Crippen LogP contribution in [0.1, 0.15) is 16.8 Å². The quantitative estimate of drug-likeness (QED) is 0.886. The summed E-state index contributed by atoms with van der Waals surface area (Å²) in [5, 5.41) is 9.15. The molecule has 0 spiro atoms. The molecule has 20 heavy (non-hydrogen) atoms. The Morgan fingerprint density at radius 3 is 2.55 bits per heavy atom. The van der Waals surface area contributed by atoms with Crippen molar-refractivity contribution in [3.63, 3.8) is 0 Å². The minimum atomic E-state index is -1.08. The van der Waals surface area contributed by atoms with Crippen molar-refractivity contribution in [2.45, 2.75) is 6.42 Å². The lowest BCUT2D eigenvalue weighted by Gasteiger charge is -2.22. The lowest BCUT2D eigenvalue weighted by Crippen LogP contribution is -2.35. The average molecular weight is 276 g/mol. The number of hydrogen-bond acceptors (Lipinski definition) is 3. The maximum absolute atomic E-state index is 12.4. The summed E-state index contributed by atoms with van der Waals surface area (Å²) in [5.74, 6) is -1.81. The van der Waals surface area contributed by atoms with Crippen LogP contribution in [-0.2, 0) is 9.59 Å². The van der Waals surface area contributed by atoms with Gasteiger partial charge >= 0.3 is 5.97 Å². The molecule has 1 N–H and O–H groups in total. The van der Waals surface area contributed by atoms with Crippen molar-refractivity contribution in [3.05, 3.63) is 29.8 Å². The smallest absolute Gasteiger partial charge is 0.337 e. The normalized spacial score (nSPS) is 18.2. The van der Waals surface area contributed by atoms with Crippen LogP contribution in [0.5, 0.6) is 0 Å². The molecule has 6 heteroatoms. The van der Waals surface area contributed by atoms with Gasteiger partial charge in [-0.05, 0) is 12.1 Å². The molecule has 1 fully saturated rings. The Balaban J connectivity index is 2.24. The third-order valence-electron chi connectivity index (χ3n) is 3.52. The summed E-state index contributed by atoms with van der Waals surface area (Å²) in [6.07, 6.45) is 0.176. The van der Waals surface area contributed by atoms with Crippen LogP contribution in [-0.4, -0.2) is 48.4 Å². The van der Waals surface area contributed by atoms with Gasteiger partial charge in [0.05, 0.1) is 17.2 Å². The van der Waals surface area contributed by atoms with E-state index in [4.69, 9.17) is 5.11 Å². The third kappa shape index (κ3) is 2.49. The molecule has 106 valence electrons. The zero-order valence-corrected chi connectivity index (χ0v) is 11.4. The lowest BCUT2D eigenvalue weighted by molar-refractivity contribution is -0.127. The zero-order valence-electron chi connectivity index (χ0n) is 11.4. The summed E-state index contributed by atoms with van der Waals surface area (Å²) in [5.41, 5.74) is 0.410. The summed E-state index contributed by atoms with van der Waals surface area (Å²) in [7, 11) is 3.19. The van der Waals surface area contributed by atoms with Crippen LogP contribution in [0, 0.1) is 5.92 Å². The number of rotatable bonds is 3. The number of carboxylic acids is 1. The molecule has 0 radical (unpaired) electrons. The highest BCUT2D eigenvalue weighted by Gasteiger charge is 2.34. The first-order valence-electron chi connectivity index (χ1n) is 6.25. The number of likely N-dealkylation sites (tertiary alicyclic amines) is 1. The number of anilines is 1. The number of hydrogen-bond donors (Lipinski definition) is 1. The maximum Gasteiger partial charge on any atom is 0.337 e. The van der Waals surface area contributed by atoms with E-state index in [9.17, 15) is 14.4 Å². The predicted molar refractivity (Wildman–Crippen MR) is 72.6 cm³/mol. The number of benzene rings is 1. The zero-order chi connectivity index (χ0) is 14.9. The van der Waals surface area contributed by atoms with E-state index in [1.54, 1.807) is 25.2 Å². The third-order valence-corrected chi connectivity index (χ3v) is 3.52. The topological polar surface area (TPSA) is 77.9 Å². The second kappa shape index (κ2) is 5.32. The molecule has 0 aliphatic carbocycles. The van der Waals surface area contributed by atoms with Gasteiger partial charge in [0, 0.05) is 27.1 Å². The van der Waals surface area contributed by atoms with Gasteiger partial charge in [-0.25, -0.2) is 4.79 Å². The van der Waals surface area contributed by atoms with Crippen LogP contribution < -0.4 is 4.90 Å². The van der Waals surface area contributed by atoms with Crippen molar-refractivity contribution >= 4 is 23.5 Å². The van der Waals surface area contributed by atoms with Gasteiger partial charge in [-0.2, -0.15) is 0 Å². The second-order valence-corrected chi connectivity index (χ2v) is 4.89. The molecule has 6 nitrogen and oxygen atoms in total. The average Bonchev–Trinajstić information content (AvgIpc) is 2.77. The Hall–Kier alpha value is -2.37. The van der Waals surface area contributed by atoms with Crippen LogP contribution in [0.4, 0.5) is 5.69 Å². The van der Waals surface area contributed by atoms with Crippen LogP contribution >= 0.6 is 0 Å². The van der Waals surface area contributed by atoms with Gasteiger partial charge in [-0.3, -0.25) is 9.59 Å². The second-order valence-electron chi connectivity index (χ2n) is 4.89. The number of amides is 2. The fraction of sp³-hybridized carbons (Fsp3) is 0.357. The van der Waals surface area contributed by atoms with Gasteiger partial charge in [0.1, 0.15) is 0 Å². The fourth-order valence-electron chi connectivity index (χ4n) is 2.37. The van der Waals surface area contributed by atoms with Crippen molar-refractivity contribution < 1.29 is 19.5 Å². The number of carbonyl (C=O) groups excluding carboxylic acids is 2. The van der Waals surface area contributed by atoms with Gasteiger partial charge in [0.2, 0.25) is 11.8 Å². The van der Waals surface area contributed by atoms with Crippen LogP contribution in [0.3, 0.4) is 0 Å². The van der Waals surface area contributed by atoms with E-state index in [-0.39, 0.29) is 23.8 Å². The number of carbonyl (C=O) groups is 3. The van der Waals surface area contributed by atoms with E-state index >= 15 is 0 Å². The van der Waals surface area contributed by atoms with Crippen molar-refractivity contribution in [1.29, 1.82) is 0 Å². The highest BCUT2D eigenvalue weighted by molar-refractivity contribution is 6.03. The van der Waals surface area contributed by atoms with Crippen molar-refractivity contribution in [2.24, 2.45) is 5.92 Å². The molecule has 1 unspecified atom stereocenters. The number of para-hydroxylation sites is 1. The first kappa shape index (κ1) is 14.0. The minimum Gasteiger partial charge on any atom is -0.478 e. The Morgan fingerprint density at radius 2 is 2.00 bits per heavy atom. The molecular formula is C14H16N2O4. The molecule has 1 aromatic carbocycles.